The molecule has 2 fully saturated rings. The summed E-state index contributed by atoms with van der Waals surface area (Å²) in [6.07, 6.45) is 3.48. The average Bonchev–Trinajstić information content (AvgIpc) is 3.46. The quantitative estimate of drug-likeness (QED) is 0.648. The van der Waals surface area contributed by atoms with E-state index in [1.54, 1.807) is 0 Å². The van der Waals surface area contributed by atoms with Gasteiger partial charge < -0.3 is 20.4 Å². The summed E-state index contributed by atoms with van der Waals surface area (Å²) in [6.45, 7) is 11.9. The van der Waals surface area contributed by atoms with E-state index in [4.69, 9.17) is 0 Å². The number of carbonyl (C=O) groups excluding carboxylic acids is 1. The van der Waals surface area contributed by atoms with Crippen LogP contribution >= 0.6 is 0 Å². The minimum atomic E-state index is -0.568. The SMILES string of the molecule is CCNc1ncc(F)c(Nc2n[nH]c3c2CN(C(=O)N2C[C@@H]4CCCN4C[C@@H]2C)C3(C)C)n1. The first-order valence-corrected chi connectivity index (χ1v) is 11.7. The summed E-state index contributed by atoms with van der Waals surface area (Å²) in [6, 6.07) is 0.661. The van der Waals surface area contributed by atoms with E-state index in [1.807, 2.05) is 30.6 Å². The van der Waals surface area contributed by atoms with Gasteiger partial charge in [-0.2, -0.15) is 10.1 Å². The molecule has 3 aliphatic rings. The fraction of sp³-hybridized carbons (Fsp3) is 0.636. The highest BCUT2D eigenvalue weighted by molar-refractivity contribution is 5.78. The zero-order chi connectivity index (χ0) is 23.3. The average molecular weight is 458 g/mol. The molecule has 5 heterocycles. The summed E-state index contributed by atoms with van der Waals surface area (Å²) < 4.78 is 14.4. The second-order valence-electron chi connectivity index (χ2n) is 9.69. The van der Waals surface area contributed by atoms with Crippen LogP contribution in [0.4, 0.5) is 26.8 Å². The molecule has 33 heavy (non-hydrogen) atoms. The molecule has 2 atom stereocenters. The molecular formula is C22H32FN9O. The number of rotatable bonds is 4. The molecular weight excluding hydrogens is 425 g/mol. The third-order valence-electron chi connectivity index (χ3n) is 7.20. The molecule has 0 saturated carbocycles. The van der Waals surface area contributed by atoms with Crippen molar-refractivity contribution >= 4 is 23.6 Å². The molecule has 0 aliphatic carbocycles. The highest BCUT2D eigenvalue weighted by Gasteiger charge is 2.47. The number of fused-ring (bicyclic) bond motifs is 2. The normalized spacial score (nSPS) is 24.0. The second kappa shape index (κ2) is 8.12. The van der Waals surface area contributed by atoms with Crippen molar-refractivity contribution in [2.75, 3.05) is 36.8 Å². The lowest BCUT2D eigenvalue weighted by Gasteiger charge is -2.45. The van der Waals surface area contributed by atoms with E-state index in [1.165, 1.54) is 6.42 Å². The Morgan fingerprint density at radius 2 is 2.15 bits per heavy atom. The summed E-state index contributed by atoms with van der Waals surface area (Å²) in [5, 5.41) is 13.4. The lowest BCUT2D eigenvalue weighted by molar-refractivity contribution is 0.0454. The molecule has 0 spiro atoms. The fourth-order valence-electron chi connectivity index (χ4n) is 5.35. The van der Waals surface area contributed by atoms with Crippen LogP contribution in [0.3, 0.4) is 0 Å². The van der Waals surface area contributed by atoms with E-state index in [-0.39, 0.29) is 17.9 Å². The van der Waals surface area contributed by atoms with Gasteiger partial charge in [0.15, 0.2) is 17.5 Å². The first-order valence-electron chi connectivity index (χ1n) is 11.7. The van der Waals surface area contributed by atoms with Crippen molar-refractivity contribution in [1.82, 2.24) is 34.9 Å². The van der Waals surface area contributed by atoms with Crippen LogP contribution < -0.4 is 10.6 Å². The first kappa shape index (κ1) is 21.9. The van der Waals surface area contributed by atoms with E-state index in [2.05, 4.69) is 42.6 Å². The van der Waals surface area contributed by atoms with Gasteiger partial charge in [-0.25, -0.2) is 14.2 Å². The van der Waals surface area contributed by atoms with Crippen molar-refractivity contribution in [2.45, 2.75) is 64.7 Å². The molecule has 0 unspecified atom stereocenters. The maximum absolute atomic E-state index is 14.4. The van der Waals surface area contributed by atoms with Crippen molar-refractivity contribution in [1.29, 1.82) is 0 Å². The molecule has 5 rings (SSSR count). The summed E-state index contributed by atoms with van der Waals surface area (Å²) in [5.41, 5.74) is 1.14. The molecule has 2 amide bonds. The van der Waals surface area contributed by atoms with Crippen LogP contribution in [0.15, 0.2) is 6.20 Å². The number of aromatic amines is 1. The van der Waals surface area contributed by atoms with Gasteiger partial charge in [-0.15, -0.1) is 0 Å². The summed E-state index contributed by atoms with van der Waals surface area (Å²) in [5.74, 6) is 0.290. The molecule has 3 aliphatic heterocycles. The minimum absolute atomic E-state index is 0.0391. The third kappa shape index (κ3) is 3.68. The molecule has 2 saturated heterocycles. The Bertz CT molecular complexity index is 1050. The number of hydrogen-bond acceptors (Lipinski definition) is 7. The topological polar surface area (TPSA) is 105 Å². The number of aromatic nitrogens is 4. The predicted octanol–water partition coefficient (Wildman–Crippen LogP) is 2.85. The number of amides is 2. The van der Waals surface area contributed by atoms with Gasteiger partial charge in [0.05, 0.1) is 24.0 Å². The van der Waals surface area contributed by atoms with Gasteiger partial charge in [0.1, 0.15) is 0 Å². The molecule has 0 aromatic carbocycles. The van der Waals surface area contributed by atoms with Crippen LogP contribution in [0.25, 0.3) is 0 Å². The highest BCUT2D eigenvalue weighted by Crippen LogP contribution is 2.42. The number of carbonyl (C=O) groups is 1. The van der Waals surface area contributed by atoms with Crippen LogP contribution in [0, 0.1) is 5.82 Å². The standard InChI is InChI=1S/C22H32FN9O/c1-5-24-20-25-9-16(23)19(27-20)26-18-15-12-32(22(3,4)17(15)28-29-18)21(33)31-11-14-7-6-8-30(14)10-13(31)2/h9,13-14H,5-8,10-12H2,1-4H3,(H3,24,25,26,27,28,29)/t13-,14-/m0/s1. The van der Waals surface area contributed by atoms with Crippen LogP contribution in [0.2, 0.25) is 0 Å². The van der Waals surface area contributed by atoms with E-state index < -0.39 is 11.4 Å². The third-order valence-corrected chi connectivity index (χ3v) is 7.20. The van der Waals surface area contributed by atoms with Gasteiger partial charge in [-0.1, -0.05) is 0 Å². The Morgan fingerprint density at radius 1 is 1.33 bits per heavy atom. The molecule has 0 radical (unpaired) electrons. The summed E-state index contributed by atoms with van der Waals surface area (Å²) >= 11 is 0. The van der Waals surface area contributed by atoms with Crippen LogP contribution in [0.5, 0.6) is 0 Å². The van der Waals surface area contributed by atoms with Gasteiger partial charge in [0.25, 0.3) is 0 Å². The number of nitrogens with zero attached hydrogens (tertiary/aromatic N) is 6. The first-order chi connectivity index (χ1) is 15.8. The number of halogens is 1. The van der Waals surface area contributed by atoms with Gasteiger partial charge in [0.2, 0.25) is 5.95 Å². The molecule has 3 N–H and O–H groups in total. The molecule has 0 bridgehead atoms. The lowest BCUT2D eigenvalue weighted by Crippen LogP contribution is -2.60. The summed E-state index contributed by atoms with van der Waals surface area (Å²) in [7, 11) is 0. The van der Waals surface area contributed by atoms with Crippen LogP contribution in [-0.4, -0.2) is 79.2 Å². The van der Waals surface area contributed by atoms with Crippen LogP contribution in [-0.2, 0) is 12.1 Å². The number of piperazine rings is 1. The van der Waals surface area contributed by atoms with Crippen molar-refractivity contribution in [2.24, 2.45) is 0 Å². The van der Waals surface area contributed by atoms with Gasteiger partial charge in [-0.05, 0) is 47.1 Å². The van der Waals surface area contributed by atoms with Gasteiger partial charge in [0, 0.05) is 37.3 Å². The number of urea groups is 1. The van der Waals surface area contributed by atoms with Gasteiger partial charge in [-0.3, -0.25) is 10.00 Å². The van der Waals surface area contributed by atoms with E-state index >= 15 is 0 Å². The predicted molar refractivity (Wildman–Crippen MR) is 123 cm³/mol. The molecule has 2 aromatic rings. The Balaban J connectivity index is 1.37. The van der Waals surface area contributed by atoms with Crippen molar-refractivity contribution in [3.63, 3.8) is 0 Å². The van der Waals surface area contributed by atoms with Crippen molar-refractivity contribution < 1.29 is 9.18 Å². The molecule has 2 aromatic heterocycles. The van der Waals surface area contributed by atoms with Crippen LogP contribution in [0.1, 0.15) is 51.8 Å². The molecule has 178 valence electrons. The largest absolute Gasteiger partial charge is 0.354 e. The fourth-order valence-corrected chi connectivity index (χ4v) is 5.35. The summed E-state index contributed by atoms with van der Waals surface area (Å²) in [4.78, 5) is 28.3. The monoisotopic (exact) mass is 457 g/mol. The van der Waals surface area contributed by atoms with Crippen molar-refractivity contribution in [3.05, 3.63) is 23.3 Å². The molecule has 11 heteroatoms. The Labute approximate surface area is 192 Å². The highest BCUT2D eigenvalue weighted by atomic mass is 19.1. The van der Waals surface area contributed by atoms with E-state index in [0.717, 1.165) is 43.5 Å². The zero-order valence-electron chi connectivity index (χ0n) is 19.7. The lowest BCUT2D eigenvalue weighted by atomic mass is 10.0. The molecule has 10 nitrogen and oxygen atoms in total. The second-order valence-corrected chi connectivity index (χ2v) is 9.69. The van der Waals surface area contributed by atoms with Gasteiger partial charge >= 0.3 is 6.03 Å². The zero-order valence-corrected chi connectivity index (χ0v) is 19.7. The Kier molecular flexibility index (Phi) is 5.38. The number of hydrogen-bond donors (Lipinski definition) is 3. The number of nitrogens with one attached hydrogen (secondary N) is 3. The van der Waals surface area contributed by atoms with E-state index in [9.17, 15) is 9.18 Å². The minimum Gasteiger partial charge on any atom is -0.354 e. The smallest absolute Gasteiger partial charge is 0.321 e. The number of anilines is 3. The maximum atomic E-state index is 14.4. The van der Waals surface area contributed by atoms with Crippen molar-refractivity contribution in [3.8, 4) is 0 Å². The maximum Gasteiger partial charge on any atom is 0.321 e. The Hall–Kier alpha value is -2.95. The van der Waals surface area contributed by atoms with E-state index in [0.29, 0.717) is 30.9 Å². The number of H-pyrrole nitrogens is 1. The Morgan fingerprint density at radius 3 is 2.94 bits per heavy atom.